The number of carbonyl (C=O) groups excluding carboxylic acids is 1. The van der Waals surface area contributed by atoms with Crippen LogP contribution in [0.2, 0.25) is 0 Å². The smallest absolute Gasteiger partial charge is 0.387 e. The average Bonchev–Trinajstić information content (AvgIpc) is 2.60. The highest BCUT2D eigenvalue weighted by molar-refractivity contribution is 5.92. The van der Waals surface area contributed by atoms with E-state index in [0.717, 1.165) is 19.6 Å². The second kappa shape index (κ2) is 9.52. The molecule has 1 aromatic rings. The van der Waals surface area contributed by atoms with Crippen LogP contribution in [0.15, 0.2) is 24.3 Å². The summed E-state index contributed by atoms with van der Waals surface area (Å²) in [6.07, 6.45) is 2.88. The minimum atomic E-state index is -2.97. The van der Waals surface area contributed by atoms with Crippen LogP contribution in [0.4, 0.5) is 8.78 Å². The number of alkyl halides is 2. The van der Waals surface area contributed by atoms with Gasteiger partial charge in [-0.15, -0.1) is 0 Å². The second-order valence-electron chi connectivity index (χ2n) is 6.61. The lowest BCUT2D eigenvalue weighted by molar-refractivity contribution is -0.127. The number of benzene rings is 1. The lowest BCUT2D eigenvalue weighted by atomic mass is 10.1. The molecule has 0 atom stereocenters. The van der Waals surface area contributed by atoms with Gasteiger partial charge in [-0.2, -0.15) is 8.78 Å². The first-order chi connectivity index (χ1) is 12.4. The Bertz CT molecular complexity index is 627. The maximum absolute atomic E-state index is 12.7. The number of piperazine rings is 1. The standard InChI is InChI=1S/C19H26F2N2O3/c1-14(2)13-22-9-11-23(12-10-22)17(24)8-7-15-5-4-6-16(25-3)18(15)26-19(20)21/h4-8,14,19H,9-13H2,1-3H3/b8-7+. The third-order valence-electron chi connectivity index (χ3n) is 4.15. The van der Waals surface area contributed by atoms with Gasteiger partial charge in [-0.25, -0.2) is 0 Å². The molecule has 144 valence electrons. The molecule has 26 heavy (non-hydrogen) atoms. The molecule has 1 aromatic carbocycles. The van der Waals surface area contributed by atoms with Crippen molar-refractivity contribution in [2.75, 3.05) is 39.8 Å². The third-order valence-corrected chi connectivity index (χ3v) is 4.15. The zero-order chi connectivity index (χ0) is 19.1. The molecular weight excluding hydrogens is 342 g/mol. The highest BCUT2D eigenvalue weighted by atomic mass is 19.3. The summed E-state index contributed by atoms with van der Waals surface area (Å²) in [4.78, 5) is 16.5. The molecule has 1 saturated heterocycles. The Morgan fingerprint density at radius 3 is 2.50 bits per heavy atom. The van der Waals surface area contributed by atoms with Gasteiger partial charge in [0.25, 0.3) is 0 Å². The van der Waals surface area contributed by atoms with Gasteiger partial charge in [0.15, 0.2) is 11.5 Å². The molecule has 0 bridgehead atoms. The van der Waals surface area contributed by atoms with E-state index in [0.29, 0.717) is 24.6 Å². The quantitative estimate of drug-likeness (QED) is 0.694. The number of carbonyl (C=O) groups is 1. The van der Waals surface area contributed by atoms with Crippen LogP contribution in [0.25, 0.3) is 6.08 Å². The molecule has 1 aliphatic heterocycles. The molecule has 2 rings (SSSR count). The molecule has 1 fully saturated rings. The molecule has 0 unspecified atom stereocenters. The summed E-state index contributed by atoms with van der Waals surface area (Å²) in [6.45, 7) is 5.41. The maximum Gasteiger partial charge on any atom is 0.387 e. The predicted molar refractivity (Wildman–Crippen MR) is 96.5 cm³/mol. The number of ether oxygens (including phenoxy) is 2. The number of hydrogen-bond acceptors (Lipinski definition) is 4. The van der Waals surface area contributed by atoms with Crippen molar-refractivity contribution in [2.45, 2.75) is 20.5 Å². The number of amides is 1. The molecule has 0 radical (unpaired) electrons. The summed E-state index contributed by atoms with van der Waals surface area (Å²) in [5, 5.41) is 0. The van der Waals surface area contributed by atoms with E-state index in [2.05, 4.69) is 23.5 Å². The van der Waals surface area contributed by atoms with Crippen LogP contribution in [-0.2, 0) is 4.79 Å². The number of para-hydroxylation sites is 1. The molecule has 0 spiro atoms. The van der Waals surface area contributed by atoms with Gasteiger partial charge in [0.2, 0.25) is 5.91 Å². The van der Waals surface area contributed by atoms with Gasteiger partial charge in [0.1, 0.15) is 0 Å². The van der Waals surface area contributed by atoms with Crippen LogP contribution in [0, 0.1) is 5.92 Å². The fraction of sp³-hybridized carbons (Fsp3) is 0.526. The minimum Gasteiger partial charge on any atom is -0.493 e. The molecule has 7 heteroatoms. The van der Waals surface area contributed by atoms with E-state index in [1.807, 2.05) is 0 Å². The molecule has 0 saturated carbocycles. The van der Waals surface area contributed by atoms with Crippen LogP contribution >= 0.6 is 0 Å². The fourth-order valence-corrected chi connectivity index (χ4v) is 2.97. The van der Waals surface area contributed by atoms with E-state index >= 15 is 0 Å². The normalized spacial score (nSPS) is 15.9. The minimum absolute atomic E-state index is 0.0733. The molecule has 0 aromatic heterocycles. The summed E-state index contributed by atoms with van der Waals surface area (Å²) in [5.74, 6) is 0.580. The molecule has 0 aliphatic carbocycles. The molecule has 1 heterocycles. The zero-order valence-electron chi connectivity index (χ0n) is 15.5. The first-order valence-electron chi connectivity index (χ1n) is 8.72. The number of nitrogens with zero attached hydrogens (tertiary/aromatic N) is 2. The summed E-state index contributed by atoms with van der Waals surface area (Å²) in [6, 6.07) is 4.79. The van der Waals surface area contributed by atoms with Crippen LogP contribution in [0.1, 0.15) is 19.4 Å². The Labute approximate surface area is 153 Å². The highest BCUT2D eigenvalue weighted by Gasteiger charge is 2.20. The van der Waals surface area contributed by atoms with Crippen LogP contribution in [0.3, 0.4) is 0 Å². The summed E-state index contributed by atoms with van der Waals surface area (Å²) in [7, 11) is 1.38. The largest absolute Gasteiger partial charge is 0.493 e. The summed E-state index contributed by atoms with van der Waals surface area (Å²) >= 11 is 0. The lowest BCUT2D eigenvalue weighted by Gasteiger charge is -2.35. The molecule has 1 aliphatic rings. The number of hydrogen-bond donors (Lipinski definition) is 0. The van der Waals surface area contributed by atoms with Crippen molar-refractivity contribution in [3.05, 3.63) is 29.8 Å². The molecule has 0 N–H and O–H groups in total. The van der Waals surface area contributed by atoms with Crippen LogP contribution in [0.5, 0.6) is 11.5 Å². The van der Waals surface area contributed by atoms with Crippen LogP contribution in [-0.4, -0.2) is 62.2 Å². The number of rotatable bonds is 7. The first-order valence-corrected chi connectivity index (χ1v) is 8.72. The van der Waals surface area contributed by atoms with Crippen molar-refractivity contribution >= 4 is 12.0 Å². The third kappa shape index (κ3) is 5.69. The number of halogens is 2. The van der Waals surface area contributed by atoms with Gasteiger partial charge in [-0.3, -0.25) is 9.69 Å². The fourth-order valence-electron chi connectivity index (χ4n) is 2.97. The van der Waals surface area contributed by atoms with Crippen molar-refractivity contribution in [3.8, 4) is 11.5 Å². The van der Waals surface area contributed by atoms with E-state index in [1.165, 1.54) is 25.3 Å². The maximum atomic E-state index is 12.7. The van der Waals surface area contributed by atoms with Crippen molar-refractivity contribution in [1.29, 1.82) is 0 Å². The van der Waals surface area contributed by atoms with Crippen molar-refractivity contribution in [2.24, 2.45) is 5.92 Å². The second-order valence-corrected chi connectivity index (χ2v) is 6.61. The van der Waals surface area contributed by atoms with E-state index in [1.54, 1.807) is 17.0 Å². The Hall–Kier alpha value is -2.15. The van der Waals surface area contributed by atoms with Crippen molar-refractivity contribution in [1.82, 2.24) is 9.80 Å². The van der Waals surface area contributed by atoms with E-state index in [9.17, 15) is 13.6 Å². The molecular formula is C19H26F2N2O3. The van der Waals surface area contributed by atoms with Crippen LogP contribution < -0.4 is 9.47 Å². The van der Waals surface area contributed by atoms with E-state index in [4.69, 9.17) is 4.74 Å². The van der Waals surface area contributed by atoms with E-state index < -0.39 is 6.61 Å². The summed E-state index contributed by atoms with van der Waals surface area (Å²) < 4.78 is 34.9. The molecule has 1 amide bonds. The predicted octanol–water partition coefficient (Wildman–Crippen LogP) is 3.11. The van der Waals surface area contributed by atoms with E-state index in [-0.39, 0.29) is 17.4 Å². The Kier molecular flexibility index (Phi) is 7.38. The first kappa shape index (κ1) is 20.2. The number of methoxy groups -OCH3 is 1. The topological polar surface area (TPSA) is 42.0 Å². The zero-order valence-corrected chi connectivity index (χ0v) is 15.5. The van der Waals surface area contributed by atoms with Gasteiger partial charge in [-0.05, 0) is 18.1 Å². The Morgan fingerprint density at radius 1 is 1.23 bits per heavy atom. The van der Waals surface area contributed by atoms with Gasteiger partial charge in [-0.1, -0.05) is 26.0 Å². The summed E-state index contributed by atoms with van der Waals surface area (Å²) in [5.41, 5.74) is 0.372. The SMILES string of the molecule is COc1cccc(/C=C/C(=O)N2CCN(CC(C)C)CC2)c1OC(F)F. The van der Waals surface area contributed by atoms with Gasteiger partial charge < -0.3 is 14.4 Å². The van der Waals surface area contributed by atoms with Crippen molar-refractivity contribution in [3.63, 3.8) is 0 Å². The average molecular weight is 368 g/mol. The Balaban J connectivity index is 2.02. The Morgan fingerprint density at radius 2 is 1.92 bits per heavy atom. The van der Waals surface area contributed by atoms with Gasteiger partial charge in [0, 0.05) is 44.4 Å². The lowest BCUT2D eigenvalue weighted by Crippen LogP contribution is -2.49. The van der Waals surface area contributed by atoms with Gasteiger partial charge in [0.05, 0.1) is 7.11 Å². The van der Waals surface area contributed by atoms with Gasteiger partial charge >= 0.3 is 6.61 Å². The van der Waals surface area contributed by atoms with Crippen molar-refractivity contribution < 1.29 is 23.0 Å². The highest BCUT2D eigenvalue weighted by Crippen LogP contribution is 2.33. The molecule has 5 nitrogen and oxygen atoms in total. The monoisotopic (exact) mass is 368 g/mol.